The van der Waals surface area contributed by atoms with Crippen molar-refractivity contribution >= 4 is 44.8 Å². The van der Waals surface area contributed by atoms with E-state index in [4.69, 9.17) is 23.2 Å². The van der Waals surface area contributed by atoms with Crippen LogP contribution in [0.1, 0.15) is 24.0 Å². The van der Waals surface area contributed by atoms with E-state index in [1.807, 2.05) is 0 Å². The number of halogens is 5. The maximum atomic E-state index is 12.8. The zero-order valence-electron chi connectivity index (χ0n) is 16.1. The molecule has 1 amide bonds. The lowest BCUT2D eigenvalue weighted by molar-refractivity contribution is -0.137. The molecule has 0 unspecified atom stereocenters. The Hall–Kier alpha value is -1.81. The molecular formula is C20H19Cl2F3N2O3S. The Morgan fingerprint density at radius 2 is 1.58 bits per heavy atom. The minimum atomic E-state index is -4.45. The fourth-order valence-corrected chi connectivity index (χ4v) is 5.64. The Labute approximate surface area is 188 Å². The monoisotopic (exact) mass is 494 g/mol. The average molecular weight is 495 g/mol. The number of carbonyl (C=O) groups is 1. The van der Waals surface area contributed by atoms with Gasteiger partial charge >= 0.3 is 6.18 Å². The highest BCUT2D eigenvalue weighted by atomic mass is 35.5. The Bertz CT molecular complexity index is 1030. The lowest BCUT2D eigenvalue weighted by Crippen LogP contribution is -2.42. The van der Waals surface area contributed by atoms with Gasteiger partial charge in [-0.2, -0.15) is 13.2 Å². The van der Waals surface area contributed by atoms with Crippen LogP contribution in [0, 0.1) is 5.92 Å². The number of rotatable bonds is 5. The first-order valence-electron chi connectivity index (χ1n) is 9.36. The van der Waals surface area contributed by atoms with Crippen LogP contribution in [0.3, 0.4) is 0 Å². The summed E-state index contributed by atoms with van der Waals surface area (Å²) in [5.41, 5.74) is -0.225. The average Bonchev–Trinajstić information content (AvgIpc) is 2.71. The van der Waals surface area contributed by atoms with Crippen molar-refractivity contribution in [2.24, 2.45) is 5.92 Å². The van der Waals surface area contributed by atoms with Crippen molar-refractivity contribution in [3.8, 4) is 0 Å². The number of nitrogens with one attached hydrogen (secondary N) is 1. The van der Waals surface area contributed by atoms with Crippen molar-refractivity contribution in [2.45, 2.75) is 24.8 Å². The lowest BCUT2D eigenvalue weighted by Gasteiger charge is -2.30. The maximum absolute atomic E-state index is 12.8. The summed E-state index contributed by atoms with van der Waals surface area (Å²) in [4.78, 5) is 12.4. The molecule has 0 radical (unpaired) electrons. The molecule has 2 aromatic carbocycles. The van der Waals surface area contributed by atoms with E-state index in [1.54, 1.807) is 18.2 Å². The summed E-state index contributed by atoms with van der Waals surface area (Å²) in [5, 5.41) is 3.12. The molecule has 0 aromatic heterocycles. The summed E-state index contributed by atoms with van der Waals surface area (Å²) < 4.78 is 64.7. The van der Waals surface area contributed by atoms with E-state index in [0.29, 0.717) is 18.4 Å². The quantitative estimate of drug-likeness (QED) is 0.621. The zero-order chi connectivity index (χ0) is 22.8. The molecule has 5 nitrogen and oxygen atoms in total. The van der Waals surface area contributed by atoms with Gasteiger partial charge in [-0.25, -0.2) is 12.7 Å². The van der Waals surface area contributed by atoms with Gasteiger partial charge in [0.15, 0.2) is 0 Å². The number of benzene rings is 2. The first kappa shape index (κ1) is 23.8. The van der Waals surface area contributed by atoms with Crippen LogP contribution in [-0.2, 0) is 26.7 Å². The van der Waals surface area contributed by atoms with Gasteiger partial charge in [0.2, 0.25) is 15.9 Å². The summed E-state index contributed by atoms with van der Waals surface area (Å²) in [6.45, 7) is 0.297. The van der Waals surface area contributed by atoms with Crippen LogP contribution < -0.4 is 5.32 Å². The van der Waals surface area contributed by atoms with Crippen molar-refractivity contribution in [2.75, 3.05) is 18.4 Å². The topological polar surface area (TPSA) is 66.5 Å². The molecule has 1 aliphatic heterocycles. The molecule has 31 heavy (non-hydrogen) atoms. The summed E-state index contributed by atoms with van der Waals surface area (Å²) in [7, 11) is -3.68. The molecule has 0 atom stereocenters. The number of amides is 1. The van der Waals surface area contributed by atoms with E-state index in [0.717, 1.165) is 12.1 Å². The normalized spacial score (nSPS) is 16.3. The number of hydrogen-bond acceptors (Lipinski definition) is 3. The highest BCUT2D eigenvalue weighted by molar-refractivity contribution is 7.88. The Kier molecular flexibility index (Phi) is 7.20. The van der Waals surface area contributed by atoms with Crippen LogP contribution in [0.25, 0.3) is 0 Å². The van der Waals surface area contributed by atoms with Crippen LogP contribution in [-0.4, -0.2) is 31.7 Å². The fourth-order valence-electron chi connectivity index (χ4n) is 3.33. The van der Waals surface area contributed by atoms with Gasteiger partial charge < -0.3 is 5.32 Å². The maximum Gasteiger partial charge on any atom is 0.416 e. The third kappa shape index (κ3) is 5.91. The summed E-state index contributed by atoms with van der Waals surface area (Å²) in [5.74, 6) is -1.14. The molecule has 1 aliphatic rings. The van der Waals surface area contributed by atoms with E-state index < -0.39 is 27.7 Å². The molecule has 1 heterocycles. The van der Waals surface area contributed by atoms with Crippen molar-refractivity contribution in [3.63, 3.8) is 0 Å². The predicted molar refractivity (Wildman–Crippen MR) is 113 cm³/mol. The highest BCUT2D eigenvalue weighted by Crippen LogP contribution is 2.31. The molecule has 0 saturated carbocycles. The fraction of sp³-hybridized carbons (Fsp3) is 0.350. The van der Waals surface area contributed by atoms with Gasteiger partial charge in [-0.3, -0.25) is 4.79 Å². The molecule has 2 aromatic rings. The number of hydrogen-bond donors (Lipinski definition) is 1. The van der Waals surface area contributed by atoms with E-state index in [-0.39, 0.29) is 40.5 Å². The van der Waals surface area contributed by atoms with E-state index in [2.05, 4.69) is 5.32 Å². The van der Waals surface area contributed by atoms with Crippen molar-refractivity contribution in [1.82, 2.24) is 4.31 Å². The first-order valence-corrected chi connectivity index (χ1v) is 11.7. The summed E-state index contributed by atoms with van der Waals surface area (Å²) >= 11 is 12.1. The summed E-state index contributed by atoms with van der Waals surface area (Å²) in [6, 6.07) is 8.92. The number of sulfonamides is 1. The molecule has 0 aliphatic carbocycles. The van der Waals surface area contributed by atoms with Crippen molar-refractivity contribution in [1.29, 1.82) is 0 Å². The molecule has 1 saturated heterocycles. The Morgan fingerprint density at radius 3 is 2.10 bits per heavy atom. The smallest absolute Gasteiger partial charge is 0.326 e. The number of alkyl halides is 3. The zero-order valence-corrected chi connectivity index (χ0v) is 18.5. The van der Waals surface area contributed by atoms with Gasteiger partial charge in [0.25, 0.3) is 0 Å². The third-order valence-electron chi connectivity index (χ3n) is 5.09. The molecule has 11 heteroatoms. The Morgan fingerprint density at radius 1 is 1.03 bits per heavy atom. The van der Waals surface area contributed by atoms with E-state index >= 15 is 0 Å². The van der Waals surface area contributed by atoms with Crippen LogP contribution in [0.15, 0.2) is 42.5 Å². The second-order valence-electron chi connectivity index (χ2n) is 7.19. The standard InChI is InChI=1S/C20H19Cl2F3N2O3S/c21-17-2-1-3-18(22)16(17)12-31(29,30)27-10-8-13(9-11-27)19(28)26-15-6-4-14(5-7-15)20(23,24)25/h1-7,13H,8-12H2,(H,26,28). The van der Waals surface area contributed by atoms with E-state index in [1.165, 1.54) is 16.4 Å². The lowest BCUT2D eigenvalue weighted by atomic mass is 9.97. The van der Waals surface area contributed by atoms with Gasteiger partial charge in [-0.1, -0.05) is 29.3 Å². The second-order valence-corrected chi connectivity index (χ2v) is 9.98. The number of anilines is 1. The third-order valence-corrected chi connectivity index (χ3v) is 7.60. The van der Waals surface area contributed by atoms with Gasteiger partial charge in [0, 0.05) is 40.3 Å². The highest BCUT2D eigenvalue weighted by Gasteiger charge is 2.33. The van der Waals surface area contributed by atoms with Crippen LogP contribution >= 0.6 is 23.2 Å². The number of carbonyl (C=O) groups excluding carboxylic acids is 1. The SMILES string of the molecule is O=C(Nc1ccc(C(F)(F)F)cc1)C1CCN(S(=O)(=O)Cc2c(Cl)cccc2Cl)CC1. The molecule has 168 valence electrons. The van der Waals surface area contributed by atoms with Crippen LogP contribution in [0.4, 0.5) is 18.9 Å². The minimum Gasteiger partial charge on any atom is -0.326 e. The van der Waals surface area contributed by atoms with Gasteiger partial charge in [-0.15, -0.1) is 0 Å². The molecule has 1 fully saturated rings. The largest absolute Gasteiger partial charge is 0.416 e. The molecule has 1 N–H and O–H groups in total. The second kappa shape index (κ2) is 9.36. The minimum absolute atomic E-state index is 0.148. The molecule has 0 bridgehead atoms. The van der Waals surface area contributed by atoms with Gasteiger partial charge in [-0.05, 0) is 49.2 Å². The Balaban J connectivity index is 1.58. The molecule has 0 spiro atoms. The predicted octanol–water partition coefficient (Wildman–Crippen LogP) is 5.19. The van der Waals surface area contributed by atoms with Gasteiger partial charge in [0.1, 0.15) is 0 Å². The number of piperidine rings is 1. The molecule has 3 rings (SSSR count). The van der Waals surface area contributed by atoms with Crippen LogP contribution in [0.2, 0.25) is 10.0 Å². The van der Waals surface area contributed by atoms with Crippen molar-refractivity contribution in [3.05, 3.63) is 63.6 Å². The van der Waals surface area contributed by atoms with Crippen LogP contribution in [0.5, 0.6) is 0 Å². The van der Waals surface area contributed by atoms with E-state index in [9.17, 15) is 26.4 Å². The van der Waals surface area contributed by atoms with Crippen molar-refractivity contribution < 1.29 is 26.4 Å². The summed E-state index contributed by atoms with van der Waals surface area (Å²) in [6.07, 6.45) is -3.86. The molecular weight excluding hydrogens is 476 g/mol. The number of nitrogens with zero attached hydrogens (tertiary/aromatic N) is 1. The van der Waals surface area contributed by atoms with Gasteiger partial charge in [0.05, 0.1) is 11.3 Å². The first-order chi connectivity index (χ1) is 14.5.